The van der Waals surface area contributed by atoms with Crippen molar-refractivity contribution in [3.63, 3.8) is 0 Å². The minimum Gasteiger partial charge on any atom is -0.444 e. The van der Waals surface area contributed by atoms with E-state index in [1.165, 1.54) is 0 Å². The zero-order valence-electron chi connectivity index (χ0n) is 11.4. The zero-order chi connectivity index (χ0) is 14.2. The Morgan fingerprint density at radius 1 is 1.05 bits per heavy atom. The van der Waals surface area contributed by atoms with E-state index in [1.54, 1.807) is 0 Å². The van der Waals surface area contributed by atoms with Gasteiger partial charge >= 0.3 is 6.09 Å². The number of rotatable bonds is 5. The predicted octanol–water partition coefficient (Wildman–Crippen LogP) is 3.15. The van der Waals surface area contributed by atoms with Gasteiger partial charge in [0, 0.05) is 12.2 Å². The van der Waals surface area contributed by atoms with Gasteiger partial charge < -0.3 is 10.1 Å². The molecule has 1 amide bonds. The van der Waals surface area contributed by atoms with Gasteiger partial charge in [-0.2, -0.15) is 0 Å². The average Bonchev–Trinajstić information content (AvgIpc) is 2.47. The highest BCUT2D eigenvalue weighted by atomic mass is 16.5. The summed E-state index contributed by atoms with van der Waals surface area (Å²) in [7, 11) is 1.88. The summed E-state index contributed by atoms with van der Waals surface area (Å²) >= 11 is 0. The van der Waals surface area contributed by atoms with Gasteiger partial charge in [-0.15, -0.1) is 0 Å². The predicted molar refractivity (Wildman–Crippen MR) is 79.5 cm³/mol. The van der Waals surface area contributed by atoms with Crippen LogP contribution in [0.2, 0.25) is 0 Å². The van der Waals surface area contributed by atoms with Gasteiger partial charge in [0.2, 0.25) is 0 Å². The molecule has 20 heavy (non-hydrogen) atoms. The molecule has 0 radical (unpaired) electrons. The number of carbonyl (C=O) groups is 1. The van der Waals surface area contributed by atoms with Gasteiger partial charge in [0.25, 0.3) is 0 Å². The molecule has 0 aliphatic heterocycles. The van der Waals surface area contributed by atoms with Crippen molar-refractivity contribution < 1.29 is 9.53 Å². The van der Waals surface area contributed by atoms with Crippen LogP contribution in [0.4, 0.5) is 10.5 Å². The number of benzene rings is 2. The smallest absolute Gasteiger partial charge is 0.411 e. The van der Waals surface area contributed by atoms with E-state index >= 15 is 0 Å². The molecule has 0 saturated heterocycles. The molecule has 0 heterocycles. The Kier molecular flexibility index (Phi) is 5.15. The molecule has 4 nitrogen and oxygen atoms in total. The number of hydrogen-bond donors (Lipinski definition) is 2. The van der Waals surface area contributed by atoms with E-state index in [9.17, 15) is 4.79 Å². The Bertz CT molecular complexity index is 555. The third kappa shape index (κ3) is 4.40. The summed E-state index contributed by atoms with van der Waals surface area (Å²) in [5.74, 6) is 0. The van der Waals surface area contributed by atoms with Gasteiger partial charge in [0.05, 0.1) is 0 Å². The summed E-state index contributed by atoms with van der Waals surface area (Å²) in [5.41, 5.74) is 2.80. The molecule has 0 aromatic heterocycles. The lowest BCUT2D eigenvalue weighted by molar-refractivity contribution is 0.155. The fourth-order valence-corrected chi connectivity index (χ4v) is 1.84. The molecular weight excluding hydrogens is 252 g/mol. The standard InChI is InChI=1S/C16H18N2O2/c1-17-11-14-8-5-9-15(10-14)18-16(19)20-12-13-6-3-2-4-7-13/h2-10,17H,11-12H2,1H3,(H,18,19). The van der Waals surface area contributed by atoms with Crippen LogP contribution in [0.5, 0.6) is 0 Å². The Labute approximate surface area is 118 Å². The Morgan fingerprint density at radius 3 is 2.55 bits per heavy atom. The maximum absolute atomic E-state index is 11.7. The van der Waals surface area contributed by atoms with Crippen LogP contribution in [-0.2, 0) is 17.9 Å². The van der Waals surface area contributed by atoms with Gasteiger partial charge in [-0.1, -0.05) is 42.5 Å². The van der Waals surface area contributed by atoms with E-state index in [0.717, 1.165) is 23.4 Å². The molecule has 104 valence electrons. The molecule has 0 atom stereocenters. The van der Waals surface area contributed by atoms with E-state index in [2.05, 4.69) is 10.6 Å². The maximum Gasteiger partial charge on any atom is 0.411 e. The van der Waals surface area contributed by atoms with Crippen molar-refractivity contribution in [3.8, 4) is 0 Å². The van der Waals surface area contributed by atoms with Crippen LogP contribution >= 0.6 is 0 Å². The molecule has 0 aliphatic rings. The van der Waals surface area contributed by atoms with Crippen LogP contribution in [0, 0.1) is 0 Å². The van der Waals surface area contributed by atoms with Crippen molar-refractivity contribution in [2.24, 2.45) is 0 Å². The van der Waals surface area contributed by atoms with Crippen molar-refractivity contribution in [3.05, 3.63) is 65.7 Å². The lowest BCUT2D eigenvalue weighted by Gasteiger charge is -2.08. The monoisotopic (exact) mass is 270 g/mol. The van der Waals surface area contributed by atoms with Gasteiger partial charge in [-0.25, -0.2) is 4.79 Å². The number of ether oxygens (including phenoxy) is 1. The highest BCUT2D eigenvalue weighted by Crippen LogP contribution is 2.11. The Balaban J connectivity index is 1.86. The van der Waals surface area contributed by atoms with Crippen LogP contribution in [0.15, 0.2) is 54.6 Å². The van der Waals surface area contributed by atoms with Crippen LogP contribution in [0.25, 0.3) is 0 Å². The molecule has 2 aromatic rings. The largest absolute Gasteiger partial charge is 0.444 e. The van der Waals surface area contributed by atoms with E-state index in [0.29, 0.717) is 0 Å². The zero-order valence-corrected chi connectivity index (χ0v) is 11.4. The van der Waals surface area contributed by atoms with Crippen LogP contribution < -0.4 is 10.6 Å². The summed E-state index contributed by atoms with van der Waals surface area (Å²) < 4.78 is 5.17. The van der Waals surface area contributed by atoms with Gasteiger partial charge in [0.15, 0.2) is 0 Å². The molecule has 0 bridgehead atoms. The van der Waals surface area contributed by atoms with E-state index in [4.69, 9.17) is 4.74 Å². The first-order valence-electron chi connectivity index (χ1n) is 6.49. The van der Waals surface area contributed by atoms with E-state index in [-0.39, 0.29) is 6.61 Å². The minimum absolute atomic E-state index is 0.267. The number of anilines is 1. The van der Waals surface area contributed by atoms with Crippen molar-refractivity contribution in [1.82, 2.24) is 5.32 Å². The molecule has 2 aromatic carbocycles. The lowest BCUT2D eigenvalue weighted by Crippen LogP contribution is -2.14. The first kappa shape index (κ1) is 14.1. The van der Waals surface area contributed by atoms with Gasteiger partial charge in [-0.3, -0.25) is 5.32 Å². The fraction of sp³-hybridized carbons (Fsp3) is 0.188. The first-order chi connectivity index (χ1) is 9.78. The average molecular weight is 270 g/mol. The summed E-state index contributed by atoms with van der Waals surface area (Å²) in [6.45, 7) is 1.03. The van der Waals surface area contributed by atoms with Gasteiger partial charge in [-0.05, 0) is 30.3 Å². The highest BCUT2D eigenvalue weighted by Gasteiger charge is 2.04. The minimum atomic E-state index is -0.449. The Morgan fingerprint density at radius 2 is 1.80 bits per heavy atom. The summed E-state index contributed by atoms with van der Waals surface area (Å²) in [6.07, 6.45) is -0.449. The molecule has 0 saturated carbocycles. The highest BCUT2D eigenvalue weighted by molar-refractivity contribution is 5.84. The SMILES string of the molecule is CNCc1cccc(NC(=O)OCc2ccccc2)c1. The normalized spacial score (nSPS) is 10.1. The second-order valence-electron chi connectivity index (χ2n) is 4.42. The van der Waals surface area contributed by atoms with Crippen molar-refractivity contribution >= 4 is 11.8 Å². The maximum atomic E-state index is 11.7. The van der Waals surface area contributed by atoms with E-state index in [1.807, 2.05) is 61.6 Å². The van der Waals surface area contributed by atoms with Gasteiger partial charge in [0.1, 0.15) is 6.61 Å². The number of amides is 1. The second-order valence-corrected chi connectivity index (χ2v) is 4.42. The van der Waals surface area contributed by atoms with Crippen LogP contribution in [0.1, 0.15) is 11.1 Å². The third-order valence-electron chi connectivity index (χ3n) is 2.77. The molecule has 0 fully saturated rings. The van der Waals surface area contributed by atoms with E-state index < -0.39 is 6.09 Å². The van der Waals surface area contributed by atoms with Crippen molar-refractivity contribution in [1.29, 1.82) is 0 Å². The molecule has 0 unspecified atom stereocenters. The lowest BCUT2D eigenvalue weighted by atomic mass is 10.2. The molecule has 0 spiro atoms. The molecule has 0 aliphatic carbocycles. The summed E-state index contributed by atoms with van der Waals surface area (Å²) in [4.78, 5) is 11.7. The molecular formula is C16H18N2O2. The summed E-state index contributed by atoms with van der Waals surface area (Å²) in [6, 6.07) is 17.2. The molecule has 4 heteroatoms. The van der Waals surface area contributed by atoms with Crippen molar-refractivity contribution in [2.45, 2.75) is 13.2 Å². The quantitative estimate of drug-likeness (QED) is 0.877. The topological polar surface area (TPSA) is 50.4 Å². The van der Waals surface area contributed by atoms with Crippen molar-refractivity contribution in [2.75, 3.05) is 12.4 Å². The first-order valence-corrected chi connectivity index (χ1v) is 6.49. The number of hydrogen-bond acceptors (Lipinski definition) is 3. The second kappa shape index (κ2) is 7.31. The Hall–Kier alpha value is -2.33. The third-order valence-corrected chi connectivity index (χ3v) is 2.77. The number of carbonyl (C=O) groups excluding carboxylic acids is 1. The van der Waals surface area contributed by atoms with Crippen LogP contribution in [-0.4, -0.2) is 13.1 Å². The van der Waals surface area contributed by atoms with Crippen LogP contribution in [0.3, 0.4) is 0 Å². The summed E-state index contributed by atoms with van der Waals surface area (Å²) in [5, 5.41) is 5.79. The molecule has 2 rings (SSSR count). The number of nitrogens with one attached hydrogen (secondary N) is 2. The molecule has 2 N–H and O–H groups in total. The fourth-order valence-electron chi connectivity index (χ4n) is 1.84.